The predicted molar refractivity (Wildman–Crippen MR) is 111 cm³/mol. The molecule has 1 aromatic carbocycles. The molecular weight excluding hydrogens is 368 g/mol. The molecule has 0 saturated heterocycles. The highest BCUT2D eigenvalue weighted by Gasteiger charge is 2.22. The van der Waals surface area contributed by atoms with Crippen LogP contribution in [0.1, 0.15) is 48.4 Å². The van der Waals surface area contributed by atoms with Crippen LogP contribution in [0.25, 0.3) is 11.0 Å². The number of nitrogens with zero attached hydrogens (tertiary/aromatic N) is 3. The lowest BCUT2D eigenvalue weighted by molar-refractivity contribution is -0.129. The van der Waals surface area contributed by atoms with Crippen LogP contribution in [0.5, 0.6) is 0 Å². The number of rotatable bonds is 7. The van der Waals surface area contributed by atoms with Crippen molar-refractivity contribution in [1.29, 1.82) is 0 Å². The number of aryl methyl sites for hydroxylation is 1. The molecule has 0 spiro atoms. The number of hydrogen-bond donors (Lipinski definition) is 1. The first-order valence-corrected chi connectivity index (χ1v) is 9.74. The quantitative estimate of drug-likeness (QED) is 0.622. The molecule has 7 nitrogen and oxygen atoms in total. The van der Waals surface area contributed by atoms with Crippen LogP contribution >= 0.6 is 0 Å². The van der Waals surface area contributed by atoms with Crippen molar-refractivity contribution in [3.05, 3.63) is 59.4 Å². The van der Waals surface area contributed by atoms with Crippen LogP contribution in [0, 0.1) is 6.92 Å². The van der Waals surface area contributed by atoms with Crippen molar-refractivity contribution >= 4 is 22.9 Å². The molecule has 1 amide bonds. The van der Waals surface area contributed by atoms with Crippen LogP contribution in [-0.4, -0.2) is 39.3 Å². The minimum absolute atomic E-state index is 0.111. The second-order valence-electron chi connectivity index (χ2n) is 7.31. The molecule has 3 aromatic rings. The minimum Gasteiger partial charge on any atom is -0.449 e. The summed E-state index contributed by atoms with van der Waals surface area (Å²) in [4.78, 5) is 29.5. The smallest absolute Gasteiger partial charge is 0.339 e. The van der Waals surface area contributed by atoms with Crippen molar-refractivity contribution in [3.8, 4) is 0 Å². The van der Waals surface area contributed by atoms with Gasteiger partial charge in [0.15, 0.2) is 11.8 Å². The fourth-order valence-corrected chi connectivity index (χ4v) is 3.09. The van der Waals surface area contributed by atoms with E-state index in [1.54, 1.807) is 23.9 Å². The number of carbonyl (C=O) groups is 2. The zero-order chi connectivity index (χ0) is 21.0. The first-order chi connectivity index (χ1) is 13.9. The first-order valence-electron chi connectivity index (χ1n) is 9.74. The van der Waals surface area contributed by atoms with E-state index in [1.165, 1.54) is 0 Å². The lowest BCUT2D eigenvalue weighted by Crippen LogP contribution is -2.37. The summed E-state index contributed by atoms with van der Waals surface area (Å²) in [6.07, 6.45) is 1.43. The van der Waals surface area contributed by atoms with E-state index in [9.17, 15) is 9.59 Å². The molecule has 2 heterocycles. The third kappa shape index (κ3) is 4.80. The number of amides is 1. The summed E-state index contributed by atoms with van der Waals surface area (Å²) in [5.74, 6) is -0.885. The molecule has 152 valence electrons. The van der Waals surface area contributed by atoms with Crippen LogP contribution in [0.3, 0.4) is 0 Å². The molecule has 29 heavy (non-hydrogen) atoms. The Bertz CT molecular complexity index is 1010. The molecule has 0 saturated carbocycles. The minimum atomic E-state index is -0.901. The molecule has 0 aliphatic carbocycles. The van der Waals surface area contributed by atoms with E-state index in [1.807, 2.05) is 51.1 Å². The van der Waals surface area contributed by atoms with Gasteiger partial charge in [-0.3, -0.25) is 4.79 Å². The molecule has 0 aliphatic rings. The summed E-state index contributed by atoms with van der Waals surface area (Å²) in [6, 6.07) is 11.7. The van der Waals surface area contributed by atoms with E-state index in [2.05, 4.69) is 15.4 Å². The number of nitrogens with one attached hydrogen (secondary N) is 1. The van der Waals surface area contributed by atoms with Gasteiger partial charge in [0.1, 0.15) is 0 Å². The molecule has 7 heteroatoms. The van der Waals surface area contributed by atoms with Gasteiger partial charge in [-0.1, -0.05) is 30.3 Å². The van der Waals surface area contributed by atoms with Crippen molar-refractivity contribution in [2.45, 2.75) is 46.3 Å². The van der Waals surface area contributed by atoms with Gasteiger partial charge in [-0.25, -0.2) is 14.5 Å². The van der Waals surface area contributed by atoms with Crippen molar-refractivity contribution in [1.82, 2.24) is 20.1 Å². The van der Waals surface area contributed by atoms with Gasteiger partial charge in [0.2, 0.25) is 0 Å². The lowest BCUT2D eigenvalue weighted by atomic mass is 10.1. The summed E-state index contributed by atoms with van der Waals surface area (Å²) >= 11 is 0. The van der Waals surface area contributed by atoms with Gasteiger partial charge in [-0.05, 0) is 45.7 Å². The third-order valence-electron chi connectivity index (χ3n) is 4.61. The Hall–Kier alpha value is -3.22. The van der Waals surface area contributed by atoms with Crippen molar-refractivity contribution in [2.24, 2.45) is 0 Å². The highest BCUT2D eigenvalue weighted by atomic mass is 16.5. The van der Waals surface area contributed by atoms with Gasteiger partial charge in [0.05, 0.1) is 17.1 Å². The van der Waals surface area contributed by atoms with E-state index < -0.39 is 12.1 Å². The number of carbonyl (C=O) groups excluding carboxylic acids is 2. The standard InChI is InChI=1S/C22H26N4O3/c1-14(2)26-20-19(13-24-26)18(12-15(3)25-20)22(28)29-16(4)21(27)23-11-10-17-8-6-5-7-9-17/h5-9,12-14,16H,10-11H2,1-4H3,(H,23,27). The molecule has 0 fully saturated rings. The van der Waals surface area contributed by atoms with Gasteiger partial charge in [0.25, 0.3) is 5.91 Å². The van der Waals surface area contributed by atoms with Crippen molar-refractivity contribution in [3.63, 3.8) is 0 Å². The van der Waals surface area contributed by atoms with Gasteiger partial charge < -0.3 is 10.1 Å². The van der Waals surface area contributed by atoms with Crippen LogP contribution in [0.4, 0.5) is 0 Å². The summed E-state index contributed by atoms with van der Waals surface area (Å²) in [6.45, 7) is 7.85. The molecule has 1 unspecified atom stereocenters. The Morgan fingerprint density at radius 3 is 2.59 bits per heavy atom. The second-order valence-corrected chi connectivity index (χ2v) is 7.31. The molecule has 2 aromatic heterocycles. The number of fused-ring (bicyclic) bond motifs is 1. The molecule has 1 atom stereocenters. The molecule has 0 bridgehead atoms. The maximum atomic E-state index is 12.7. The summed E-state index contributed by atoms with van der Waals surface area (Å²) in [5, 5.41) is 7.76. The number of ether oxygens (including phenoxy) is 1. The Morgan fingerprint density at radius 1 is 1.17 bits per heavy atom. The second kappa shape index (κ2) is 8.86. The van der Waals surface area contributed by atoms with Gasteiger partial charge in [0, 0.05) is 18.3 Å². The molecule has 1 N–H and O–H groups in total. The van der Waals surface area contributed by atoms with Crippen LogP contribution in [0.15, 0.2) is 42.6 Å². The van der Waals surface area contributed by atoms with E-state index in [0.29, 0.717) is 35.3 Å². The maximum absolute atomic E-state index is 12.7. The zero-order valence-corrected chi connectivity index (χ0v) is 17.2. The molecule has 0 aliphatic heterocycles. The van der Waals surface area contributed by atoms with Gasteiger partial charge >= 0.3 is 5.97 Å². The van der Waals surface area contributed by atoms with Crippen molar-refractivity contribution < 1.29 is 14.3 Å². The largest absolute Gasteiger partial charge is 0.449 e. The normalized spacial score (nSPS) is 12.2. The summed E-state index contributed by atoms with van der Waals surface area (Å²) < 4.78 is 7.18. The highest BCUT2D eigenvalue weighted by Crippen LogP contribution is 2.22. The Balaban J connectivity index is 1.65. The molecule has 0 radical (unpaired) electrons. The summed E-state index contributed by atoms with van der Waals surface area (Å²) in [7, 11) is 0. The van der Waals surface area contributed by atoms with E-state index >= 15 is 0 Å². The third-order valence-corrected chi connectivity index (χ3v) is 4.61. The summed E-state index contributed by atoms with van der Waals surface area (Å²) in [5.41, 5.74) is 2.82. The number of pyridine rings is 1. The van der Waals surface area contributed by atoms with Crippen LogP contribution in [0.2, 0.25) is 0 Å². The van der Waals surface area contributed by atoms with E-state index in [0.717, 1.165) is 5.56 Å². The van der Waals surface area contributed by atoms with Crippen LogP contribution in [-0.2, 0) is 16.0 Å². The zero-order valence-electron chi connectivity index (χ0n) is 17.2. The fourth-order valence-electron chi connectivity index (χ4n) is 3.09. The number of esters is 1. The highest BCUT2D eigenvalue weighted by molar-refractivity contribution is 6.03. The average Bonchev–Trinajstić information content (AvgIpc) is 3.11. The van der Waals surface area contributed by atoms with Crippen molar-refractivity contribution in [2.75, 3.05) is 6.54 Å². The Morgan fingerprint density at radius 2 is 1.90 bits per heavy atom. The van der Waals surface area contributed by atoms with E-state index in [4.69, 9.17) is 4.74 Å². The monoisotopic (exact) mass is 394 g/mol. The van der Waals surface area contributed by atoms with Crippen LogP contribution < -0.4 is 5.32 Å². The Kier molecular flexibility index (Phi) is 6.26. The molecular formula is C22H26N4O3. The topological polar surface area (TPSA) is 86.1 Å². The first kappa shape index (κ1) is 20.5. The number of hydrogen-bond acceptors (Lipinski definition) is 5. The van der Waals surface area contributed by atoms with E-state index in [-0.39, 0.29) is 11.9 Å². The lowest BCUT2D eigenvalue weighted by Gasteiger charge is -2.14. The SMILES string of the molecule is Cc1cc(C(=O)OC(C)C(=O)NCCc2ccccc2)c2cnn(C(C)C)c2n1. The fraction of sp³-hybridized carbons (Fsp3) is 0.364. The maximum Gasteiger partial charge on any atom is 0.339 e. The Labute approximate surface area is 170 Å². The van der Waals surface area contributed by atoms with Gasteiger partial charge in [-0.15, -0.1) is 0 Å². The average molecular weight is 394 g/mol. The van der Waals surface area contributed by atoms with Gasteiger partial charge in [-0.2, -0.15) is 5.10 Å². The molecule has 3 rings (SSSR count). The number of aromatic nitrogens is 3. The number of benzene rings is 1. The predicted octanol–water partition coefficient (Wildman–Crippen LogP) is 3.22.